The van der Waals surface area contributed by atoms with Gasteiger partial charge in [0.25, 0.3) is 0 Å². The zero-order chi connectivity index (χ0) is 10.4. The lowest BCUT2D eigenvalue weighted by Crippen LogP contribution is -2.29. The van der Waals surface area contributed by atoms with E-state index in [2.05, 4.69) is 0 Å². The average molecular weight is 231 g/mol. The highest BCUT2D eigenvalue weighted by Gasteiger charge is 2.20. The third-order valence-electron chi connectivity index (χ3n) is 1.85. The average Bonchev–Trinajstić information content (AvgIpc) is 2.27. The van der Waals surface area contributed by atoms with Gasteiger partial charge in [-0.25, -0.2) is 0 Å². The van der Waals surface area contributed by atoms with E-state index < -0.39 is 5.60 Å². The summed E-state index contributed by atoms with van der Waals surface area (Å²) >= 11 is 11.2. The Morgan fingerprint density at radius 3 is 2.21 bits per heavy atom. The van der Waals surface area contributed by atoms with Crippen LogP contribution in [0.15, 0.2) is 36.4 Å². The van der Waals surface area contributed by atoms with Gasteiger partial charge in [-0.2, -0.15) is 0 Å². The van der Waals surface area contributed by atoms with Crippen LogP contribution >= 0.6 is 23.2 Å². The Kier molecular flexibility index (Phi) is 4.46. The number of hydrogen-bond acceptors (Lipinski definition) is 1. The lowest BCUT2D eigenvalue weighted by atomic mass is 10.1. The minimum absolute atomic E-state index is 0.0971. The molecule has 0 heterocycles. The summed E-state index contributed by atoms with van der Waals surface area (Å²) in [5.41, 5.74) is -0.0972. The molecule has 1 aromatic rings. The van der Waals surface area contributed by atoms with Crippen molar-refractivity contribution in [1.82, 2.24) is 0 Å². The molecule has 0 aromatic heterocycles. The monoisotopic (exact) mass is 230 g/mol. The molecule has 0 aliphatic heterocycles. The predicted molar refractivity (Wildman–Crippen MR) is 61.9 cm³/mol. The molecular weight excluding hydrogens is 219 g/mol. The maximum atomic E-state index is 9.74. The molecule has 0 bridgehead atoms. The van der Waals surface area contributed by atoms with Crippen LogP contribution in [0, 0.1) is 0 Å². The molecule has 0 unspecified atom stereocenters. The molecule has 0 saturated heterocycles. The molecule has 0 fully saturated rings. The maximum Gasteiger partial charge on any atom is 0.110 e. The summed E-state index contributed by atoms with van der Waals surface area (Å²) in [7, 11) is 0. The molecule has 76 valence electrons. The van der Waals surface area contributed by atoms with Gasteiger partial charge in [-0.05, 0) is 5.56 Å². The van der Waals surface area contributed by atoms with Gasteiger partial charge in [0.2, 0.25) is 0 Å². The van der Waals surface area contributed by atoms with Crippen molar-refractivity contribution >= 4 is 29.3 Å². The molecule has 0 radical (unpaired) electrons. The van der Waals surface area contributed by atoms with E-state index in [0.29, 0.717) is 0 Å². The normalized spacial score (nSPS) is 12.2. The van der Waals surface area contributed by atoms with Crippen molar-refractivity contribution in [2.75, 3.05) is 11.8 Å². The lowest BCUT2D eigenvalue weighted by molar-refractivity contribution is 0.141. The van der Waals surface area contributed by atoms with Crippen molar-refractivity contribution in [3.8, 4) is 0 Å². The second kappa shape index (κ2) is 5.40. The molecule has 3 heteroatoms. The number of halogens is 2. The third kappa shape index (κ3) is 3.33. The summed E-state index contributed by atoms with van der Waals surface area (Å²) in [6.07, 6.45) is 3.44. The summed E-state index contributed by atoms with van der Waals surface area (Å²) < 4.78 is 0. The fourth-order valence-corrected chi connectivity index (χ4v) is 1.40. The van der Waals surface area contributed by atoms with Gasteiger partial charge >= 0.3 is 0 Å². The van der Waals surface area contributed by atoms with Crippen molar-refractivity contribution in [3.05, 3.63) is 42.0 Å². The van der Waals surface area contributed by atoms with Gasteiger partial charge in [-0.3, -0.25) is 0 Å². The van der Waals surface area contributed by atoms with E-state index in [9.17, 15) is 5.11 Å². The number of rotatable bonds is 4. The van der Waals surface area contributed by atoms with Gasteiger partial charge in [0.05, 0.1) is 11.8 Å². The first-order valence-electron chi connectivity index (χ1n) is 4.29. The molecule has 0 aliphatic carbocycles. The smallest absolute Gasteiger partial charge is 0.110 e. The predicted octanol–water partition coefficient (Wildman–Crippen LogP) is 2.91. The van der Waals surface area contributed by atoms with Gasteiger partial charge in [-0.1, -0.05) is 42.5 Å². The van der Waals surface area contributed by atoms with Crippen molar-refractivity contribution < 1.29 is 5.11 Å². The SMILES string of the molecule is OC(/C=C/c1ccccc1)(CCl)CCl. The van der Waals surface area contributed by atoms with Crippen LogP contribution in [0.3, 0.4) is 0 Å². The van der Waals surface area contributed by atoms with E-state index in [1.165, 1.54) is 0 Å². The fraction of sp³-hybridized carbons (Fsp3) is 0.273. The first-order valence-corrected chi connectivity index (χ1v) is 5.36. The molecule has 0 spiro atoms. The third-order valence-corrected chi connectivity index (χ3v) is 2.77. The Morgan fingerprint density at radius 1 is 1.14 bits per heavy atom. The van der Waals surface area contributed by atoms with E-state index in [4.69, 9.17) is 23.2 Å². The van der Waals surface area contributed by atoms with Gasteiger partial charge in [-0.15, -0.1) is 23.2 Å². The van der Waals surface area contributed by atoms with Crippen LogP contribution in [0.2, 0.25) is 0 Å². The standard InChI is InChI=1S/C11H12Cl2O/c12-8-11(14,9-13)7-6-10-4-2-1-3-5-10/h1-7,14H,8-9H2/b7-6+. The highest BCUT2D eigenvalue weighted by molar-refractivity contribution is 6.22. The second-order valence-electron chi connectivity index (χ2n) is 3.11. The molecular formula is C11H12Cl2O. The number of hydrogen-bond donors (Lipinski definition) is 1. The minimum Gasteiger partial charge on any atom is -0.383 e. The summed E-state index contributed by atoms with van der Waals surface area (Å²) in [6.45, 7) is 0. The van der Waals surface area contributed by atoms with Gasteiger partial charge in [0, 0.05) is 0 Å². The first-order chi connectivity index (χ1) is 6.70. The molecule has 0 saturated carbocycles. The molecule has 0 atom stereocenters. The van der Waals surface area contributed by atoms with Crippen LogP contribution < -0.4 is 0 Å². The number of aliphatic hydroxyl groups is 1. The Bertz CT molecular complexity index is 291. The van der Waals surface area contributed by atoms with Gasteiger partial charge in [0.1, 0.15) is 5.60 Å². The van der Waals surface area contributed by atoms with E-state index in [-0.39, 0.29) is 11.8 Å². The molecule has 1 aromatic carbocycles. The Balaban J connectivity index is 2.72. The Hall–Kier alpha value is -0.500. The van der Waals surface area contributed by atoms with Crippen LogP contribution in [0.25, 0.3) is 6.08 Å². The molecule has 1 N–H and O–H groups in total. The summed E-state index contributed by atoms with van der Waals surface area (Å²) in [5.74, 6) is 0.194. The van der Waals surface area contributed by atoms with E-state index in [1.54, 1.807) is 6.08 Å². The zero-order valence-corrected chi connectivity index (χ0v) is 9.17. The Labute approximate surface area is 94.0 Å². The highest BCUT2D eigenvalue weighted by Crippen LogP contribution is 2.14. The van der Waals surface area contributed by atoms with Crippen LogP contribution in [0.5, 0.6) is 0 Å². The van der Waals surface area contributed by atoms with Crippen LogP contribution in [0.4, 0.5) is 0 Å². The van der Waals surface area contributed by atoms with Crippen LogP contribution in [-0.4, -0.2) is 22.5 Å². The molecule has 1 rings (SSSR count). The second-order valence-corrected chi connectivity index (χ2v) is 3.65. The first kappa shape index (κ1) is 11.6. The van der Waals surface area contributed by atoms with Gasteiger partial charge in [0.15, 0.2) is 0 Å². The molecule has 1 nitrogen and oxygen atoms in total. The number of benzene rings is 1. The highest BCUT2D eigenvalue weighted by atomic mass is 35.5. The van der Waals surface area contributed by atoms with Crippen molar-refractivity contribution in [2.45, 2.75) is 5.60 Å². The summed E-state index contributed by atoms with van der Waals surface area (Å²) in [5, 5.41) is 9.74. The molecule has 14 heavy (non-hydrogen) atoms. The lowest BCUT2D eigenvalue weighted by Gasteiger charge is -2.17. The molecule has 0 aliphatic rings. The van der Waals surface area contributed by atoms with Crippen molar-refractivity contribution in [2.24, 2.45) is 0 Å². The number of alkyl halides is 2. The summed E-state index contributed by atoms with van der Waals surface area (Å²) in [6, 6.07) is 9.69. The van der Waals surface area contributed by atoms with Crippen LogP contribution in [-0.2, 0) is 0 Å². The topological polar surface area (TPSA) is 20.2 Å². The minimum atomic E-state index is -1.11. The van der Waals surface area contributed by atoms with E-state index >= 15 is 0 Å². The van der Waals surface area contributed by atoms with Crippen molar-refractivity contribution in [1.29, 1.82) is 0 Å². The van der Waals surface area contributed by atoms with Crippen molar-refractivity contribution in [3.63, 3.8) is 0 Å². The largest absolute Gasteiger partial charge is 0.383 e. The quantitative estimate of drug-likeness (QED) is 0.790. The maximum absolute atomic E-state index is 9.74. The van der Waals surface area contributed by atoms with E-state index in [1.807, 2.05) is 36.4 Å². The Morgan fingerprint density at radius 2 is 1.71 bits per heavy atom. The fourth-order valence-electron chi connectivity index (χ4n) is 0.940. The van der Waals surface area contributed by atoms with Crippen LogP contribution in [0.1, 0.15) is 5.56 Å². The summed E-state index contributed by atoms with van der Waals surface area (Å²) in [4.78, 5) is 0. The zero-order valence-electron chi connectivity index (χ0n) is 7.66. The molecule has 0 amide bonds. The van der Waals surface area contributed by atoms with Gasteiger partial charge < -0.3 is 5.11 Å². The van der Waals surface area contributed by atoms with E-state index in [0.717, 1.165) is 5.56 Å².